The molecule has 3 atom stereocenters. The van der Waals surface area contributed by atoms with Gasteiger partial charge in [-0.05, 0) is 54.3 Å². The maximum absolute atomic E-state index is 12.4. The van der Waals surface area contributed by atoms with Crippen LogP contribution in [0.1, 0.15) is 81.6 Å². The number of hydrogen-bond acceptors (Lipinski definition) is 2. The van der Waals surface area contributed by atoms with Crippen LogP contribution in [0.25, 0.3) is 0 Å². The van der Waals surface area contributed by atoms with Crippen LogP contribution in [0, 0.1) is 40.9 Å². The summed E-state index contributed by atoms with van der Waals surface area (Å²) >= 11 is 0. The predicted octanol–water partition coefficient (Wildman–Crippen LogP) is 5.94. The number of hydrogen-bond donors (Lipinski definition) is 0. The van der Waals surface area contributed by atoms with Gasteiger partial charge in [-0.25, -0.2) is 0 Å². The minimum Gasteiger partial charge on any atom is -0.462 e. The van der Waals surface area contributed by atoms with Crippen LogP contribution < -0.4 is 0 Å². The highest BCUT2D eigenvalue weighted by molar-refractivity contribution is 5.72. The van der Waals surface area contributed by atoms with Crippen LogP contribution in [0.4, 0.5) is 0 Å². The van der Waals surface area contributed by atoms with E-state index in [1.807, 2.05) is 6.92 Å². The fourth-order valence-electron chi connectivity index (χ4n) is 3.94. The Labute approximate surface area is 144 Å². The lowest BCUT2D eigenvalue weighted by atomic mass is 9.60. The van der Waals surface area contributed by atoms with Crippen LogP contribution in [0.5, 0.6) is 0 Å². The summed E-state index contributed by atoms with van der Waals surface area (Å²) in [5.74, 6) is 2.79. The monoisotopic (exact) mass is 324 g/mol. The first-order valence-corrected chi connectivity index (χ1v) is 9.69. The van der Waals surface area contributed by atoms with Crippen molar-refractivity contribution in [1.29, 1.82) is 0 Å². The van der Waals surface area contributed by atoms with Crippen molar-refractivity contribution in [3.8, 4) is 0 Å². The quantitative estimate of drug-likeness (QED) is 0.584. The lowest BCUT2D eigenvalue weighted by molar-refractivity contribution is -0.169. The van der Waals surface area contributed by atoms with E-state index in [1.54, 1.807) is 0 Å². The molecule has 0 amide bonds. The van der Waals surface area contributed by atoms with Gasteiger partial charge in [-0.2, -0.15) is 0 Å². The normalized spacial score (nSPS) is 30.6. The summed E-state index contributed by atoms with van der Waals surface area (Å²) in [5.41, 5.74) is 0.325. The summed E-state index contributed by atoms with van der Waals surface area (Å²) in [6.07, 6.45) is 3.32. The van der Waals surface area contributed by atoms with Crippen molar-refractivity contribution in [2.45, 2.75) is 87.7 Å². The van der Waals surface area contributed by atoms with E-state index in [0.29, 0.717) is 35.0 Å². The summed E-state index contributed by atoms with van der Waals surface area (Å²) in [6, 6.07) is 0. The van der Waals surface area contributed by atoms with Gasteiger partial charge >= 0.3 is 5.97 Å². The molecule has 0 aromatic carbocycles. The largest absolute Gasteiger partial charge is 0.462 e. The Morgan fingerprint density at radius 2 is 1.43 bits per heavy atom. The summed E-state index contributed by atoms with van der Waals surface area (Å²) in [7, 11) is 0. The van der Waals surface area contributed by atoms with E-state index in [0.717, 1.165) is 6.42 Å². The summed E-state index contributed by atoms with van der Waals surface area (Å²) in [6.45, 7) is 20.3. The van der Waals surface area contributed by atoms with Gasteiger partial charge in [-0.1, -0.05) is 62.3 Å². The Morgan fingerprint density at radius 1 is 1.00 bits per heavy atom. The first-order chi connectivity index (χ1) is 10.5. The second-order valence-corrected chi connectivity index (χ2v) is 9.56. The molecular weight excluding hydrogens is 284 g/mol. The van der Waals surface area contributed by atoms with Gasteiger partial charge < -0.3 is 4.74 Å². The Kier molecular flexibility index (Phi) is 7.16. The molecule has 0 radical (unpaired) electrons. The summed E-state index contributed by atoms with van der Waals surface area (Å²) in [4.78, 5) is 12.4. The third kappa shape index (κ3) is 5.22. The second kappa shape index (κ2) is 8.03. The maximum Gasteiger partial charge on any atom is 0.308 e. The molecule has 2 nitrogen and oxygen atoms in total. The molecule has 23 heavy (non-hydrogen) atoms. The highest BCUT2D eigenvalue weighted by atomic mass is 16.5. The lowest BCUT2D eigenvalue weighted by Gasteiger charge is -2.48. The van der Waals surface area contributed by atoms with Gasteiger partial charge in [-0.3, -0.25) is 4.79 Å². The van der Waals surface area contributed by atoms with Crippen molar-refractivity contribution in [2.24, 2.45) is 40.9 Å². The average Bonchev–Trinajstić information content (AvgIpc) is 2.44. The molecule has 0 bridgehead atoms. The fourth-order valence-corrected chi connectivity index (χ4v) is 3.94. The number of carbonyl (C=O) groups is 1. The molecule has 3 unspecified atom stereocenters. The van der Waals surface area contributed by atoms with E-state index >= 15 is 0 Å². The molecule has 136 valence electrons. The van der Waals surface area contributed by atoms with Crippen molar-refractivity contribution in [3.05, 3.63) is 0 Å². The van der Waals surface area contributed by atoms with Gasteiger partial charge in [0, 0.05) is 0 Å². The molecule has 1 fully saturated rings. The van der Waals surface area contributed by atoms with E-state index in [1.165, 1.54) is 12.8 Å². The Balaban J connectivity index is 3.05. The topological polar surface area (TPSA) is 26.3 Å². The molecular formula is C21H40O2. The number of rotatable bonds is 5. The van der Waals surface area contributed by atoms with Crippen LogP contribution >= 0.6 is 0 Å². The fraction of sp³-hybridized carbons (Fsp3) is 0.952. The Morgan fingerprint density at radius 3 is 1.74 bits per heavy atom. The molecule has 0 aliphatic heterocycles. The van der Waals surface area contributed by atoms with Crippen molar-refractivity contribution in [2.75, 3.05) is 0 Å². The second-order valence-electron chi connectivity index (χ2n) is 9.56. The Bertz CT molecular complexity index is 360. The van der Waals surface area contributed by atoms with E-state index < -0.39 is 0 Å². The van der Waals surface area contributed by atoms with E-state index in [-0.39, 0.29) is 18.0 Å². The van der Waals surface area contributed by atoms with Crippen molar-refractivity contribution < 1.29 is 9.53 Å². The van der Waals surface area contributed by atoms with Gasteiger partial charge in [0.25, 0.3) is 0 Å². The number of esters is 1. The zero-order chi connectivity index (χ0) is 17.9. The third-order valence-electron chi connectivity index (χ3n) is 6.16. The zero-order valence-corrected chi connectivity index (χ0v) is 17.0. The molecule has 0 aromatic heterocycles. The van der Waals surface area contributed by atoms with Gasteiger partial charge in [0.05, 0.1) is 5.92 Å². The maximum atomic E-state index is 12.4. The smallest absolute Gasteiger partial charge is 0.308 e. The SMILES string of the molecule is CCC(C)C(=O)OC1C(C(C)C)CC(C(C)(C)C)CC1C(C)C. The van der Waals surface area contributed by atoms with Crippen LogP contribution in [-0.4, -0.2) is 12.1 Å². The molecule has 1 saturated carbocycles. The van der Waals surface area contributed by atoms with Crippen molar-refractivity contribution in [1.82, 2.24) is 0 Å². The van der Waals surface area contributed by atoms with Crippen LogP contribution in [0.3, 0.4) is 0 Å². The molecule has 1 rings (SSSR count). The van der Waals surface area contributed by atoms with E-state index in [9.17, 15) is 4.79 Å². The molecule has 2 heteroatoms. The molecule has 0 aromatic rings. The number of carbonyl (C=O) groups excluding carboxylic acids is 1. The molecule has 0 spiro atoms. The van der Waals surface area contributed by atoms with Crippen molar-refractivity contribution in [3.63, 3.8) is 0 Å². The zero-order valence-electron chi connectivity index (χ0n) is 17.0. The Hall–Kier alpha value is -0.530. The first kappa shape index (κ1) is 20.5. The molecule has 1 aliphatic rings. The lowest BCUT2D eigenvalue weighted by Crippen LogP contribution is -2.47. The molecule has 1 aliphatic carbocycles. The van der Waals surface area contributed by atoms with Gasteiger partial charge in [0.15, 0.2) is 0 Å². The minimum atomic E-state index is 0.00279. The predicted molar refractivity (Wildman–Crippen MR) is 98.2 cm³/mol. The first-order valence-electron chi connectivity index (χ1n) is 9.69. The summed E-state index contributed by atoms with van der Waals surface area (Å²) in [5, 5.41) is 0. The van der Waals surface area contributed by atoms with E-state index in [4.69, 9.17) is 4.74 Å². The third-order valence-corrected chi connectivity index (χ3v) is 6.16. The van der Waals surface area contributed by atoms with E-state index in [2.05, 4.69) is 55.4 Å². The van der Waals surface area contributed by atoms with Gasteiger partial charge in [-0.15, -0.1) is 0 Å². The van der Waals surface area contributed by atoms with Crippen LogP contribution in [0.15, 0.2) is 0 Å². The number of ether oxygens (including phenoxy) is 1. The standard InChI is InChI=1S/C21H40O2/c1-10-15(6)20(22)23-19-17(13(2)3)11-16(21(7,8)9)12-18(19)14(4)5/h13-19H,10-12H2,1-9H3. The molecule has 0 heterocycles. The van der Waals surface area contributed by atoms with Gasteiger partial charge in [0.2, 0.25) is 0 Å². The molecule has 0 N–H and O–H groups in total. The average molecular weight is 325 g/mol. The van der Waals surface area contributed by atoms with Crippen molar-refractivity contribution >= 4 is 5.97 Å². The summed E-state index contributed by atoms with van der Waals surface area (Å²) < 4.78 is 6.11. The van der Waals surface area contributed by atoms with Crippen LogP contribution in [0.2, 0.25) is 0 Å². The van der Waals surface area contributed by atoms with Gasteiger partial charge in [0.1, 0.15) is 6.10 Å². The highest BCUT2D eigenvalue weighted by Gasteiger charge is 2.45. The van der Waals surface area contributed by atoms with Crippen LogP contribution in [-0.2, 0) is 9.53 Å². The highest BCUT2D eigenvalue weighted by Crippen LogP contribution is 2.48. The minimum absolute atomic E-state index is 0.00279. The molecule has 0 saturated heterocycles.